The van der Waals surface area contributed by atoms with E-state index in [0.717, 1.165) is 50.5 Å². The fourth-order valence-corrected chi connectivity index (χ4v) is 8.40. The zero-order chi connectivity index (χ0) is 24.1. The monoisotopic (exact) mass is 465 g/mol. The van der Waals surface area contributed by atoms with Gasteiger partial charge in [0.2, 0.25) is 5.91 Å². The molecule has 3 saturated carbocycles. The van der Waals surface area contributed by atoms with E-state index >= 15 is 0 Å². The van der Waals surface area contributed by atoms with Crippen LogP contribution in [0, 0.1) is 34.5 Å². The smallest absolute Gasteiger partial charge is 0.326 e. The molecular weight excluding hydrogens is 426 g/mol. The zero-order valence-electron chi connectivity index (χ0n) is 20.5. The van der Waals surface area contributed by atoms with Crippen molar-refractivity contribution in [2.24, 2.45) is 34.5 Å². The van der Waals surface area contributed by atoms with E-state index in [1.807, 2.05) is 30.3 Å². The topological polar surface area (TPSA) is 86.6 Å². The molecule has 0 spiro atoms. The first-order chi connectivity index (χ1) is 16.2. The third-order valence-electron chi connectivity index (χ3n) is 10.1. The highest BCUT2D eigenvalue weighted by Gasteiger charge is 2.58. The van der Waals surface area contributed by atoms with Gasteiger partial charge in [0.25, 0.3) is 0 Å². The molecule has 1 amide bonds. The number of carbonyl (C=O) groups excluding carboxylic acids is 1. The number of aliphatic hydroxyl groups excluding tert-OH is 1. The second kappa shape index (κ2) is 8.82. The van der Waals surface area contributed by atoms with Gasteiger partial charge in [-0.1, -0.05) is 55.8 Å². The predicted molar refractivity (Wildman–Crippen MR) is 131 cm³/mol. The predicted octanol–water partition coefficient (Wildman–Crippen LogP) is 4.74. The normalized spacial score (nSPS) is 39.7. The molecule has 4 aliphatic rings. The molecule has 0 radical (unpaired) electrons. The fourth-order valence-electron chi connectivity index (χ4n) is 8.40. The highest BCUT2D eigenvalue weighted by atomic mass is 16.4. The second-order valence-corrected chi connectivity index (χ2v) is 12.1. The zero-order valence-corrected chi connectivity index (χ0v) is 20.5. The van der Waals surface area contributed by atoms with Gasteiger partial charge < -0.3 is 15.5 Å². The van der Waals surface area contributed by atoms with Gasteiger partial charge in [-0.2, -0.15) is 0 Å². The van der Waals surface area contributed by atoms with Gasteiger partial charge in [-0.25, -0.2) is 4.79 Å². The number of fused-ring (bicyclic) bond motifs is 5. The minimum atomic E-state index is -0.913. The number of hydrogen-bond donors (Lipinski definition) is 3. The molecule has 0 bridgehead atoms. The lowest BCUT2D eigenvalue weighted by Gasteiger charge is -2.57. The summed E-state index contributed by atoms with van der Waals surface area (Å²) >= 11 is 0. The number of aliphatic hydroxyl groups is 1. The lowest BCUT2D eigenvalue weighted by Crippen LogP contribution is -2.49. The molecule has 3 fully saturated rings. The Labute approximate surface area is 203 Å². The van der Waals surface area contributed by atoms with E-state index in [2.05, 4.69) is 25.2 Å². The Morgan fingerprint density at radius 1 is 1.12 bits per heavy atom. The molecule has 3 N–H and O–H groups in total. The lowest BCUT2D eigenvalue weighted by atomic mass is 9.48. The van der Waals surface area contributed by atoms with Crippen LogP contribution >= 0.6 is 0 Å². The number of carboxylic acid groups (broad SMARTS) is 1. The standard InChI is InChI=1S/C29H39NO4/c1-28-12-11-23-22(9-8-20-16-21(31)10-13-29(20,23)2)24(28)15-19(17-28)26(27(33)34)30-25(32)14-18-6-4-3-5-7-18/h3-8,19,21-24,26,31H,9-17H2,1-2H3,(H,30,32)(H,33,34)/t19?,21?,22-,23+,24+,26?,28-,29+/m1/s1. The average Bonchev–Trinajstić information content (AvgIpc) is 3.15. The number of amides is 1. The molecule has 0 aliphatic heterocycles. The second-order valence-electron chi connectivity index (χ2n) is 12.1. The maximum atomic E-state index is 12.7. The first-order valence-electron chi connectivity index (χ1n) is 13.1. The van der Waals surface area contributed by atoms with Gasteiger partial charge in [0.05, 0.1) is 12.5 Å². The highest BCUT2D eigenvalue weighted by molar-refractivity contribution is 5.85. The molecule has 0 aromatic heterocycles. The Hall–Kier alpha value is -2.14. The molecule has 5 heteroatoms. The van der Waals surface area contributed by atoms with Crippen LogP contribution in [0.15, 0.2) is 42.0 Å². The van der Waals surface area contributed by atoms with Gasteiger partial charge in [-0.05, 0) is 91.4 Å². The number of benzene rings is 1. The molecule has 5 rings (SSSR count). The third-order valence-corrected chi connectivity index (χ3v) is 10.1. The van der Waals surface area contributed by atoms with Crippen LogP contribution in [0.5, 0.6) is 0 Å². The molecule has 8 atom stereocenters. The van der Waals surface area contributed by atoms with Gasteiger partial charge >= 0.3 is 5.97 Å². The number of nitrogens with one attached hydrogen (secondary N) is 1. The van der Waals surface area contributed by atoms with Gasteiger partial charge in [-0.15, -0.1) is 0 Å². The highest BCUT2D eigenvalue weighted by Crippen LogP contribution is 2.66. The van der Waals surface area contributed by atoms with Crippen molar-refractivity contribution in [1.29, 1.82) is 0 Å². The van der Waals surface area contributed by atoms with Crippen molar-refractivity contribution in [1.82, 2.24) is 5.32 Å². The van der Waals surface area contributed by atoms with Gasteiger partial charge in [0, 0.05) is 0 Å². The summed E-state index contributed by atoms with van der Waals surface area (Å²) in [5.74, 6) is 0.525. The number of carbonyl (C=O) groups is 2. The van der Waals surface area contributed by atoms with Crippen molar-refractivity contribution in [3.63, 3.8) is 0 Å². The molecule has 4 aliphatic carbocycles. The molecule has 1 aromatic rings. The van der Waals surface area contributed by atoms with E-state index in [4.69, 9.17) is 0 Å². The maximum Gasteiger partial charge on any atom is 0.326 e. The van der Waals surface area contributed by atoms with E-state index < -0.39 is 12.0 Å². The SMILES string of the molecule is C[C@]12CC[C@H]3[C@@H](CC=C4CC(O)CC[C@@]43C)[C@@H]1CC(C(NC(=O)Cc1ccccc1)C(=O)O)C2. The van der Waals surface area contributed by atoms with Crippen LogP contribution in [0.25, 0.3) is 0 Å². The number of rotatable bonds is 5. The van der Waals surface area contributed by atoms with Crippen LogP contribution in [0.1, 0.15) is 70.8 Å². The molecule has 3 unspecified atom stereocenters. The van der Waals surface area contributed by atoms with E-state index in [-0.39, 0.29) is 35.2 Å². The minimum Gasteiger partial charge on any atom is -0.480 e. The minimum absolute atomic E-state index is 0.0302. The van der Waals surface area contributed by atoms with Crippen LogP contribution in [0.4, 0.5) is 0 Å². The summed E-state index contributed by atoms with van der Waals surface area (Å²) < 4.78 is 0. The Kier molecular flexibility index (Phi) is 6.12. The number of allylic oxidation sites excluding steroid dienone is 1. The first-order valence-corrected chi connectivity index (χ1v) is 13.1. The van der Waals surface area contributed by atoms with Crippen molar-refractivity contribution < 1.29 is 19.8 Å². The summed E-state index contributed by atoms with van der Waals surface area (Å²) in [6.07, 6.45) is 10.3. The molecule has 0 saturated heterocycles. The largest absolute Gasteiger partial charge is 0.480 e. The molecule has 34 heavy (non-hydrogen) atoms. The Morgan fingerprint density at radius 2 is 1.88 bits per heavy atom. The first kappa shape index (κ1) is 23.6. The van der Waals surface area contributed by atoms with Crippen LogP contribution in [-0.4, -0.2) is 34.2 Å². The Morgan fingerprint density at radius 3 is 2.62 bits per heavy atom. The molecule has 0 heterocycles. The van der Waals surface area contributed by atoms with E-state index in [1.54, 1.807) is 0 Å². The van der Waals surface area contributed by atoms with E-state index in [0.29, 0.717) is 17.8 Å². The van der Waals surface area contributed by atoms with Crippen molar-refractivity contribution in [2.45, 2.75) is 83.8 Å². The number of hydrogen-bond acceptors (Lipinski definition) is 3. The van der Waals surface area contributed by atoms with Crippen LogP contribution in [-0.2, 0) is 16.0 Å². The Balaban J connectivity index is 1.32. The van der Waals surface area contributed by atoms with Gasteiger partial charge in [0.15, 0.2) is 0 Å². The average molecular weight is 466 g/mol. The summed E-state index contributed by atoms with van der Waals surface area (Å²) in [6.45, 7) is 4.78. The fraction of sp³-hybridized carbons (Fsp3) is 0.655. The molecular formula is C29H39NO4. The Bertz CT molecular complexity index is 974. The quantitative estimate of drug-likeness (QED) is 0.548. The van der Waals surface area contributed by atoms with Crippen molar-refractivity contribution in [2.75, 3.05) is 0 Å². The number of carboxylic acids is 1. The van der Waals surface area contributed by atoms with E-state index in [9.17, 15) is 19.8 Å². The maximum absolute atomic E-state index is 12.7. The van der Waals surface area contributed by atoms with E-state index in [1.165, 1.54) is 12.0 Å². The molecule has 1 aromatic carbocycles. The third kappa shape index (κ3) is 4.10. The van der Waals surface area contributed by atoms with Crippen molar-refractivity contribution in [3.8, 4) is 0 Å². The summed E-state index contributed by atoms with van der Waals surface area (Å²) in [6, 6.07) is 8.68. The number of aliphatic carboxylic acids is 1. The lowest BCUT2D eigenvalue weighted by molar-refractivity contribution is -0.143. The van der Waals surface area contributed by atoms with Gasteiger partial charge in [-0.3, -0.25) is 4.79 Å². The molecule has 5 nitrogen and oxygen atoms in total. The van der Waals surface area contributed by atoms with Crippen LogP contribution in [0.2, 0.25) is 0 Å². The van der Waals surface area contributed by atoms with Crippen molar-refractivity contribution >= 4 is 11.9 Å². The van der Waals surface area contributed by atoms with Crippen LogP contribution < -0.4 is 5.32 Å². The summed E-state index contributed by atoms with van der Waals surface area (Å²) in [5.41, 5.74) is 2.67. The summed E-state index contributed by atoms with van der Waals surface area (Å²) in [5, 5.41) is 23.2. The van der Waals surface area contributed by atoms with Crippen molar-refractivity contribution in [3.05, 3.63) is 47.5 Å². The summed E-state index contributed by atoms with van der Waals surface area (Å²) in [7, 11) is 0. The molecule has 184 valence electrons. The van der Waals surface area contributed by atoms with Crippen LogP contribution in [0.3, 0.4) is 0 Å². The van der Waals surface area contributed by atoms with Gasteiger partial charge in [0.1, 0.15) is 6.04 Å². The summed E-state index contributed by atoms with van der Waals surface area (Å²) in [4.78, 5) is 25.0.